The summed E-state index contributed by atoms with van der Waals surface area (Å²) in [5, 5.41) is 0. The SMILES string of the molecule is Fc1c(OC/C=C/C2CCC2)ccc(OC2CCCC2)c1OC(F)(F)F. The molecule has 2 aliphatic carbocycles. The van der Waals surface area contributed by atoms with E-state index in [4.69, 9.17) is 9.47 Å². The van der Waals surface area contributed by atoms with E-state index in [0.29, 0.717) is 5.92 Å². The highest BCUT2D eigenvalue weighted by Gasteiger charge is 2.35. The Morgan fingerprint density at radius 1 is 1.00 bits per heavy atom. The predicted molar refractivity (Wildman–Crippen MR) is 87.9 cm³/mol. The van der Waals surface area contributed by atoms with Crippen molar-refractivity contribution in [2.45, 2.75) is 57.4 Å². The largest absolute Gasteiger partial charge is 0.573 e. The molecule has 144 valence electrons. The Labute approximate surface area is 149 Å². The number of allylic oxidation sites excluding steroid dienone is 1. The molecule has 0 aliphatic heterocycles. The normalized spacial score (nSPS) is 18.9. The van der Waals surface area contributed by atoms with Crippen molar-refractivity contribution in [2.75, 3.05) is 6.61 Å². The minimum absolute atomic E-state index is 0.0850. The number of halogens is 4. The number of ether oxygens (including phenoxy) is 3. The van der Waals surface area contributed by atoms with Crippen LogP contribution >= 0.6 is 0 Å². The van der Waals surface area contributed by atoms with Gasteiger partial charge in [-0.25, -0.2) is 0 Å². The van der Waals surface area contributed by atoms with Gasteiger partial charge in [0.1, 0.15) is 6.61 Å². The van der Waals surface area contributed by atoms with Gasteiger partial charge in [0.15, 0.2) is 11.5 Å². The Balaban J connectivity index is 1.72. The number of hydrogen-bond acceptors (Lipinski definition) is 3. The topological polar surface area (TPSA) is 27.7 Å². The summed E-state index contributed by atoms with van der Waals surface area (Å²) in [5.41, 5.74) is 0. The minimum Gasteiger partial charge on any atom is -0.486 e. The molecule has 0 radical (unpaired) electrons. The fourth-order valence-electron chi connectivity index (χ4n) is 3.14. The third-order valence-corrected chi connectivity index (χ3v) is 4.73. The second-order valence-corrected chi connectivity index (χ2v) is 6.71. The lowest BCUT2D eigenvalue weighted by molar-refractivity contribution is -0.276. The summed E-state index contributed by atoms with van der Waals surface area (Å²) in [4.78, 5) is 0. The van der Waals surface area contributed by atoms with Gasteiger partial charge in [-0.05, 0) is 56.6 Å². The molecule has 2 saturated carbocycles. The average Bonchev–Trinajstić information content (AvgIpc) is 3.02. The molecule has 0 unspecified atom stereocenters. The summed E-state index contributed by atoms with van der Waals surface area (Å²) in [5.74, 6) is -2.18. The van der Waals surface area contributed by atoms with Crippen LogP contribution in [0, 0.1) is 11.7 Å². The van der Waals surface area contributed by atoms with Crippen molar-refractivity contribution in [3.05, 3.63) is 30.1 Å². The van der Waals surface area contributed by atoms with Gasteiger partial charge in [-0.1, -0.05) is 18.6 Å². The first-order chi connectivity index (χ1) is 12.4. The molecule has 0 amide bonds. The lowest BCUT2D eigenvalue weighted by Gasteiger charge is -2.21. The highest BCUT2D eigenvalue weighted by molar-refractivity contribution is 5.47. The zero-order chi connectivity index (χ0) is 18.6. The molecular weight excluding hydrogens is 352 g/mol. The third-order valence-electron chi connectivity index (χ3n) is 4.73. The minimum atomic E-state index is -5.02. The van der Waals surface area contributed by atoms with Gasteiger partial charge in [-0.2, -0.15) is 4.39 Å². The van der Waals surface area contributed by atoms with E-state index in [1.165, 1.54) is 18.6 Å². The van der Waals surface area contributed by atoms with Gasteiger partial charge in [0.2, 0.25) is 11.6 Å². The van der Waals surface area contributed by atoms with Gasteiger partial charge >= 0.3 is 6.36 Å². The van der Waals surface area contributed by atoms with Gasteiger partial charge in [0.05, 0.1) is 6.10 Å². The molecule has 2 fully saturated rings. The van der Waals surface area contributed by atoms with Crippen molar-refractivity contribution in [2.24, 2.45) is 5.92 Å². The molecule has 7 heteroatoms. The van der Waals surface area contributed by atoms with Gasteiger partial charge in [0.25, 0.3) is 0 Å². The second kappa shape index (κ2) is 8.18. The third kappa shape index (κ3) is 5.05. The fourth-order valence-corrected chi connectivity index (χ4v) is 3.14. The summed E-state index contributed by atoms with van der Waals surface area (Å²) >= 11 is 0. The van der Waals surface area contributed by atoms with E-state index in [-0.39, 0.29) is 24.2 Å². The maximum Gasteiger partial charge on any atom is 0.573 e. The highest BCUT2D eigenvalue weighted by Crippen LogP contribution is 2.41. The lowest BCUT2D eigenvalue weighted by Crippen LogP contribution is -2.20. The van der Waals surface area contributed by atoms with E-state index in [9.17, 15) is 17.6 Å². The first kappa shape index (κ1) is 18.9. The molecule has 0 heterocycles. The maximum atomic E-state index is 14.5. The van der Waals surface area contributed by atoms with Crippen molar-refractivity contribution < 1.29 is 31.8 Å². The smallest absolute Gasteiger partial charge is 0.486 e. The molecule has 0 N–H and O–H groups in total. The van der Waals surface area contributed by atoms with E-state index in [1.54, 1.807) is 6.08 Å². The fraction of sp³-hybridized carbons (Fsp3) is 0.579. The molecule has 0 atom stereocenters. The Morgan fingerprint density at radius 3 is 2.31 bits per heavy atom. The van der Waals surface area contributed by atoms with Crippen molar-refractivity contribution in [1.29, 1.82) is 0 Å². The quantitative estimate of drug-likeness (QED) is 0.447. The monoisotopic (exact) mass is 374 g/mol. The van der Waals surface area contributed by atoms with Crippen molar-refractivity contribution in [3.63, 3.8) is 0 Å². The summed E-state index contributed by atoms with van der Waals surface area (Å²) in [6.45, 7) is 0.0850. The van der Waals surface area contributed by atoms with Crippen LogP contribution in [-0.4, -0.2) is 19.1 Å². The highest BCUT2D eigenvalue weighted by atomic mass is 19.4. The van der Waals surface area contributed by atoms with Crippen LogP contribution < -0.4 is 14.2 Å². The average molecular weight is 374 g/mol. The van der Waals surface area contributed by atoms with Crippen LogP contribution in [0.3, 0.4) is 0 Å². The maximum absolute atomic E-state index is 14.5. The molecule has 0 bridgehead atoms. The van der Waals surface area contributed by atoms with Crippen LogP contribution in [0.1, 0.15) is 44.9 Å². The molecule has 3 nitrogen and oxygen atoms in total. The summed E-state index contributed by atoms with van der Waals surface area (Å²) in [7, 11) is 0. The van der Waals surface area contributed by atoms with Crippen LogP contribution in [0.4, 0.5) is 17.6 Å². The first-order valence-electron chi connectivity index (χ1n) is 8.97. The van der Waals surface area contributed by atoms with Crippen LogP contribution in [0.15, 0.2) is 24.3 Å². The van der Waals surface area contributed by atoms with Crippen molar-refractivity contribution >= 4 is 0 Å². The lowest BCUT2D eigenvalue weighted by atomic mass is 9.85. The molecule has 1 aromatic carbocycles. The van der Waals surface area contributed by atoms with E-state index in [0.717, 1.165) is 38.5 Å². The number of hydrogen-bond donors (Lipinski definition) is 0. The Kier molecular flexibility index (Phi) is 5.94. The molecule has 1 aromatic rings. The number of alkyl halides is 3. The van der Waals surface area contributed by atoms with Gasteiger partial charge < -0.3 is 14.2 Å². The van der Waals surface area contributed by atoms with Gasteiger partial charge in [0, 0.05) is 0 Å². The number of benzene rings is 1. The predicted octanol–water partition coefficient (Wildman–Crippen LogP) is 5.78. The van der Waals surface area contributed by atoms with E-state index in [2.05, 4.69) is 4.74 Å². The van der Waals surface area contributed by atoms with Crippen LogP contribution in [0.5, 0.6) is 17.2 Å². The zero-order valence-electron chi connectivity index (χ0n) is 14.4. The standard InChI is InChI=1S/C19H22F4O3/c20-17-15(24-12-4-7-13-5-3-6-13)10-11-16(18(17)26-19(21,22)23)25-14-8-1-2-9-14/h4,7,10-11,13-14H,1-3,5-6,8-9,12H2/b7-4+. The molecule has 0 saturated heterocycles. The molecule has 0 spiro atoms. The van der Waals surface area contributed by atoms with Gasteiger partial charge in [-0.3, -0.25) is 0 Å². The van der Waals surface area contributed by atoms with E-state index >= 15 is 0 Å². The van der Waals surface area contributed by atoms with E-state index < -0.39 is 17.9 Å². The summed E-state index contributed by atoms with van der Waals surface area (Å²) in [6.07, 6.45) is 5.32. The zero-order valence-corrected chi connectivity index (χ0v) is 14.4. The van der Waals surface area contributed by atoms with Gasteiger partial charge in [-0.15, -0.1) is 13.2 Å². The Morgan fingerprint density at radius 2 is 1.69 bits per heavy atom. The molecule has 3 rings (SSSR count). The van der Waals surface area contributed by atoms with Crippen LogP contribution in [0.2, 0.25) is 0 Å². The van der Waals surface area contributed by atoms with E-state index in [1.807, 2.05) is 6.08 Å². The van der Waals surface area contributed by atoms with Crippen molar-refractivity contribution in [1.82, 2.24) is 0 Å². The summed E-state index contributed by atoms with van der Waals surface area (Å²) in [6, 6.07) is 2.55. The summed E-state index contributed by atoms with van der Waals surface area (Å²) < 4.78 is 67.3. The molecule has 26 heavy (non-hydrogen) atoms. The van der Waals surface area contributed by atoms with Crippen molar-refractivity contribution in [3.8, 4) is 17.2 Å². The number of rotatable bonds is 7. The Bertz CT molecular complexity index is 632. The van der Waals surface area contributed by atoms with Crippen LogP contribution in [-0.2, 0) is 0 Å². The second-order valence-electron chi connectivity index (χ2n) is 6.71. The molecule has 2 aliphatic rings. The first-order valence-corrected chi connectivity index (χ1v) is 8.97. The molecular formula is C19H22F4O3. The van der Waals surface area contributed by atoms with Crippen LogP contribution in [0.25, 0.3) is 0 Å². The molecule has 0 aromatic heterocycles. The Hall–Kier alpha value is -1.92.